The van der Waals surface area contributed by atoms with E-state index in [1.54, 1.807) is 55.5 Å². The maximum Gasteiger partial charge on any atom is 0.413 e. The van der Waals surface area contributed by atoms with Gasteiger partial charge in [0.25, 0.3) is 13.4 Å². The molecule has 1 aliphatic heterocycles. The lowest BCUT2D eigenvalue weighted by atomic mass is 10.1. The molecule has 1 fully saturated rings. The van der Waals surface area contributed by atoms with Gasteiger partial charge in [-0.1, -0.05) is 24.3 Å². The maximum absolute atomic E-state index is 12.2. The molecule has 1 saturated heterocycles. The molecule has 3 rings (SSSR count). The number of alkyl carbamates (subject to hydrolysis) is 1. The Kier molecular flexibility index (Phi) is 19.0. The minimum Gasteiger partial charge on any atom is -0.464 e. The monoisotopic (exact) mass is 766 g/mol. The molecule has 0 spiro atoms. The molecule has 0 aromatic heterocycles. The van der Waals surface area contributed by atoms with Crippen LogP contribution in [-0.2, 0) is 60.9 Å². The van der Waals surface area contributed by atoms with E-state index in [9.17, 15) is 38.4 Å². The van der Waals surface area contributed by atoms with E-state index in [0.717, 1.165) is 17.3 Å². The zero-order chi connectivity index (χ0) is 40.8. The summed E-state index contributed by atoms with van der Waals surface area (Å²) < 4.78 is 36.6. The highest BCUT2D eigenvalue weighted by Crippen LogP contribution is 2.19. The summed E-state index contributed by atoms with van der Waals surface area (Å²) >= 11 is 0. The molecule has 0 radical (unpaired) electrons. The fraction of sp³-hybridized carbons (Fsp3) is 0.351. The Balaban J connectivity index is 0.000000380. The average molecular weight is 767 g/mol. The largest absolute Gasteiger partial charge is 0.464 e. The lowest BCUT2D eigenvalue weighted by molar-refractivity contribution is -0.146. The van der Waals surface area contributed by atoms with Crippen LogP contribution < -0.4 is 24.1 Å². The Bertz CT molecular complexity index is 1800. The number of hydrogen-bond donors (Lipinski definition) is 1. The molecular formula is C37H42N4O14+2. The van der Waals surface area contributed by atoms with Crippen molar-refractivity contribution < 1.29 is 66.8 Å². The van der Waals surface area contributed by atoms with Crippen LogP contribution in [0.1, 0.15) is 57.6 Å². The Hall–Kier alpha value is -6.90. The van der Waals surface area contributed by atoms with E-state index in [0.29, 0.717) is 22.6 Å². The van der Waals surface area contributed by atoms with E-state index >= 15 is 0 Å². The molecule has 2 atom stereocenters. The van der Waals surface area contributed by atoms with E-state index in [4.69, 9.17) is 28.4 Å². The first-order valence-corrected chi connectivity index (χ1v) is 16.6. The molecule has 2 aromatic carbocycles. The molecule has 2 aromatic rings. The standard InChI is InChI=1S/C19H22N2O7.C18H19N2O7/c1-4-26-18(24)17(10-7-15(23)11-20-3)21-19(25)27-12-14-5-8-16(9-6-14)28-13(2)22;1-12(21)27-15-6-3-13(4-7-15)10-25-18(24)20-11-26-17(23)16(20)8-5-14(22)9-19-2/h5-6,8-9,11,17H,3-4,7,10,12H2,1-2H3;3-4,6-7,9,16H,2,5,8,10-11H2,1H3/q;+1/p+1/t17-;16-/m00/s1. The van der Waals surface area contributed by atoms with Gasteiger partial charge in [0, 0.05) is 26.7 Å². The summed E-state index contributed by atoms with van der Waals surface area (Å²) in [5.74, 6) is -1.99. The van der Waals surface area contributed by atoms with Gasteiger partial charge in [-0.15, -0.1) is 9.34 Å². The fourth-order valence-electron chi connectivity index (χ4n) is 4.49. The van der Waals surface area contributed by atoms with E-state index in [1.807, 2.05) is 0 Å². The fourth-order valence-corrected chi connectivity index (χ4v) is 4.49. The predicted molar refractivity (Wildman–Crippen MR) is 195 cm³/mol. The van der Waals surface area contributed by atoms with Gasteiger partial charge in [0.1, 0.15) is 36.8 Å². The van der Waals surface area contributed by atoms with Crippen LogP contribution in [0.4, 0.5) is 9.59 Å². The van der Waals surface area contributed by atoms with Gasteiger partial charge in [0.05, 0.1) is 6.61 Å². The molecule has 2 amide bonds. The molecule has 0 bridgehead atoms. The SMILES string of the molecule is C=[N+]=CC(=O)CC[C@H](NC(=O)OCc1ccc(OC(C)=O)cc1)C(=O)OCC.C=[N+]=CC(=O)CC[C@H]1C(=O)OCN1C(=O)OCc1ccc(OC(C)=O)cc1. The van der Waals surface area contributed by atoms with E-state index in [1.165, 1.54) is 13.8 Å². The number of cyclic esters (lactones) is 1. The van der Waals surface area contributed by atoms with Gasteiger partial charge < -0.3 is 33.7 Å². The number of ketones is 2. The summed E-state index contributed by atoms with van der Waals surface area (Å²) in [7, 11) is 0. The first-order valence-electron chi connectivity index (χ1n) is 16.6. The van der Waals surface area contributed by atoms with Crippen molar-refractivity contribution in [2.75, 3.05) is 13.3 Å². The lowest BCUT2D eigenvalue weighted by Gasteiger charge is -2.19. The van der Waals surface area contributed by atoms with Gasteiger partial charge in [0.15, 0.2) is 6.73 Å². The van der Waals surface area contributed by atoms with Crippen molar-refractivity contribution in [3.05, 3.63) is 59.7 Å². The number of benzene rings is 2. The smallest absolute Gasteiger partial charge is 0.413 e. The van der Waals surface area contributed by atoms with Gasteiger partial charge in [-0.2, -0.15) is 0 Å². The number of rotatable bonds is 17. The molecule has 18 nitrogen and oxygen atoms in total. The van der Waals surface area contributed by atoms with Crippen LogP contribution in [-0.4, -0.2) is 104 Å². The Morgan fingerprint density at radius 2 is 1.33 bits per heavy atom. The molecule has 292 valence electrons. The number of amides is 2. The second-order valence-corrected chi connectivity index (χ2v) is 11.3. The van der Waals surface area contributed by atoms with E-state index < -0.39 is 48.1 Å². The van der Waals surface area contributed by atoms with Crippen LogP contribution in [0, 0.1) is 0 Å². The zero-order valence-electron chi connectivity index (χ0n) is 30.6. The van der Waals surface area contributed by atoms with Gasteiger partial charge in [-0.05, 0) is 55.2 Å². The summed E-state index contributed by atoms with van der Waals surface area (Å²) in [6.45, 7) is 10.4. The third-order valence-corrected chi connectivity index (χ3v) is 7.01. The third kappa shape index (κ3) is 17.0. The highest BCUT2D eigenvalue weighted by molar-refractivity contribution is 6.27. The van der Waals surface area contributed by atoms with Crippen LogP contribution in [0.5, 0.6) is 11.5 Å². The number of hydrogen-bond acceptors (Lipinski definition) is 14. The predicted octanol–water partition coefficient (Wildman–Crippen LogP) is 1.58. The lowest BCUT2D eigenvalue weighted by Crippen LogP contribution is -2.42. The third-order valence-electron chi connectivity index (χ3n) is 7.01. The number of esters is 4. The van der Waals surface area contributed by atoms with E-state index in [2.05, 4.69) is 28.1 Å². The van der Waals surface area contributed by atoms with Crippen molar-refractivity contribution in [2.24, 2.45) is 0 Å². The number of nitrogens with one attached hydrogen (secondary N) is 1. The number of carbonyl (C=O) groups excluding carboxylic acids is 8. The van der Waals surface area contributed by atoms with Crippen LogP contribution in [0.15, 0.2) is 48.5 Å². The minimum atomic E-state index is -1.03. The normalized spacial score (nSPS) is 13.1. The zero-order valence-corrected chi connectivity index (χ0v) is 30.6. The molecule has 55 heavy (non-hydrogen) atoms. The molecule has 1 N–H and O–H groups in total. The summed E-state index contributed by atoms with van der Waals surface area (Å²) in [5, 5.41) is 2.39. The van der Waals surface area contributed by atoms with Crippen LogP contribution >= 0.6 is 0 Å². The molecule has 1 heterocycles. The molecule has 1 aliphatic rings. The van der Waals surface area contributed by atoms with Crippen LogP contribution in [0.25, 0.3) is 0 Å². The number of nitrogens with zero attached hydrogens (tertiary/aromatic N) is 3. The van der Waals surface area contributed by atoms with Crippen LogP contribution in [0.3, 0.4) is 0 Å². The van der Waals surface area contributed by atoms with Crippen molar-refractivity contribution in [3.8, 4) is 11.5 Å². The summed E-state index contributed by atoms with van der Waals surface area (Å²) in [6, 6.07) is 10.9. The molecule has 18 heteroatoms. The van der Waals surface area contributed by atoms with Crippen LogP contribution in [0.2, 0.25) is 0 Å². The minimum absolute atomic E-state index is 0.0135. The van der Waals surface area contributed by atoms with E-state index in [-0.39, 0.29) is 63.8 Å². The molecule has 0 saturated carbocycles. The van der Waals surface area contributed by atoms with Gasteiger partial charge in [-0.3, -0.25) is 24.1 Å². The molecule has 0 aliphatic carbocycles. The van der Waals surface area contributed by atoms with Crippen molar-refractivity contribution in [2.45, 2.75) is 71.8 Å². The van der Waals surface area contributed by atoms with Gasteiger partial charge in [-0.25, -0.2) is 19.2 Å². The summed E-state index contributed by atoms with van der Waals surface area (Å²) in [5.41, 5.74) is 1.32. The number of ether oxygens (including phenoxy) is 6. The van der Waals surface area contributed by atoms with Gasteiger partial charge in [0.2, 0.25) is 11.6 Å². The second-order valence-electron chi connectivity index (χ2n) is 11.3. The summed E-state index contributed by atoms with van der Waals surface area (Å²) in [4.78, 5) is 93.8. The van der Waals surface area contributed by atoms with Crippen molar-refractivity contribution >= 4 is 73.5 Å². The number of carbonyl (C=O) groups is 8. The topological polar surface area (TPSA) is 235 Å². The maximum atomic E-state index is 12.2. The van der Waals surface area contributed by atoms with Crippen molar-refractivity contribution in [1.29, 1.82) is 0 Å². The second kappa shape index (κ2) is 23.6. The quantitative estimate of drug-likeness (QED) is 0.0792. The number of Topliss-reactive ketones (excluding diaryl/α,β-unsaturated/α-hetero) is 2. The highest BCUT2D eigenvalue weighted by Gasteiger charge is 2.39. The van der Waals surface area contributed by atoms with Crippen molar-refractivity contribution in [1.82, 2.24) is 19.6 Å². The Morgan fingerprint density at radius 1 is 0.818 bits per heavy atom. The Labute approximate surface area is 315 Å². The first-order chi connectivity index (χ1) is 26.3. The Morgan fingerprint density at radius 3 is 1.82 bits per heavy atom. The molecule has 0 unspecified atom stereocenters. The highest BCUT2D eigenvalue weighted by atomic mass is 16.6. The first kappa shape index (κ1) is 44.3. The summed E-state index contributed by atoms with van der Waals surface area (Å²) in [6.07, 6.45) is 0.697. The van der Waals surface area contributed by atoms with Crippen molar-refractivity contribution in [3.63, 3.8) is 0 Å². The molecular weight excluding hydrogens is 724 g/mol. The average Bonchev–Trinajstić information content (AvgIpc) is 3.51. The van der Waals surface area contributed by atoms with Gasteiger partial charge >= 0.3 is 48.5 Å².